The molecule has 1 fully saturated rings. The third kappa shape index (κ3) is 3.82. The van der Waals surface area contributed by atoms with Crippen LogP contribution in [0.4, 0.5) is 0 Å². The van der Waals surface area contributed by atoms with E-state index in [0.717, 1.165) is 28.9 Å². The van der Waals surface area contributed by atoms with Gasteiger partial charge in [-0.15, -0.1) is 11.3 Å². The maximum Gasteiger partial charge on any atom is 0.252 e. The highest BCUT2D eigenvalue weighted by atomic mass is 32.1. The van der Waals surface area contributed by atoms with Gasteiger partial charge < -0.3 is 10.8 Å². The molecule has 1 amide bonds. The number of aromatic nitrogens is 1. The molecule has 0 saturated heterocycles. The number of phenols is 1. The first kappa shape index (κ1) is 17.4. The van der Waals surface area contributed by atoms with Crippen LogP contribution in [-0.4, -0.2) is 27.9 Å². The quantitative estimate of drug-likeness (QED) is 0.879. The molecule has 1 heterocycles. The summed E-state index contributed by atoms with van der Waals surface area (Å²) in [4.78, 5) is 16.9. The van der Waals surface area contributed by atoms with Crippen LogP contribution in [0.15, 0.2) is 33.7 Å². The molecule has 0 bridgehead atoms. The Labute approximate surface area is 150 Å². The second-order valence-corrected chi connectivity index (χ2v) is 6.85. The summed E-state index contributed by atoms with van der Waals surface area (Å²) in [6.45, 7) is 2.66. The minimum atomic E-state index is -0.654. The number of primary amides is 1. The van der Waals surface area contributed by atoms with Crippen LogP contribution >= 0.6 is 11.3 Å². The Kier molecular flexibility index (Phi) is 5.33. The maximum atomic E-state index is 11.5. The van der Waals surface area contributed by atoms with Gasteiger partial charge in [0, 0.05) is 23.2 Å². The lowest BCUT2D eigenvalue weighted by atomic mass is 9.99. The predicted octanol–water partition coefficient (Wildman–Crippen LogP) is 3.11. The van der Waals surface area contributed by atoms with Crippen molar-refractivity contribution in [1.29, 1.82) is 0 Å². The number of carbonyl (C=O) groups excluding carboxylic acids is 1. The summed E-state index contributed by atoms with van der Waals surface area (Å²) in [5.74, 6) is -0.770. The van der Waals surface area contributed by atoms with Crippen LogP contribution in [0.5, 0.6) is 5.75 Å². The van der Waals surface area contributed by atoms with Gasteiger partial charge in [-0.2, -0.15) is 5.10 Å². The number of carbonyl (C=O) groups is 1. The first-order valence-corrected chi connectivity index (χ1v) is 9.39. The topological polar surface area (TPSA) is 93.0 Å². The lowest BCUT2D eigenvalue weighted by molar-refractivity contribution is 0.0998. The lowest BCUT2D eigenvalue weighted by Gasteiger charge is -2.13. The van der Waals surface area contributed by atoms with Crippen LogP contribution in [0, 0.1) is 0 Å². The van der Waals surface area contributed by atoms with E-state index in [2.05, 4.69) is 4.99 Å². The van der Waals surface area contributed by atoms with E-state index >= 15 is 0 Å². The predicted molar refractivity (Wildman–Crippen MR) is 99.9 cm³/mol. The van der Waals surface area contributed by atoms with Gasteiger partial charge in [-0.05, 0) is 50.8 Å². The average Bonchev–Trinajstić information content (AvgIpc) is 2.99. The molecule has 0 aliphatic heterocycles. The molecule has 6 nitrogen and oxygen atoms in total. The van der Waals surface area contributed by atoms with Gasteiger partial charge in [0.25, 0.3) is 5.91 Å². The van der Waals surface area contributed by atoms with Gasteiger partial charge in [0.1, 0.15) is 5.75 Å². The number of nitrogens with two attached hydrogens (primary N) is 1. The Morgan fingerprint density at radius 1 is 1.32 bits per heavy atom. The molecule has 3 N–H and O–H groups in total. The molecule has 1 aromatic carbocycles. The van der Waals surface area contributed by atoms with Crippen molar-refractivity contribution in [3.8, 4) is 17.0 Å². The molecule has 0 atom stereocenters. The highest BCUT2D eigenvalue weighted by Gasteiger charge is 2.14. The fourth-order valence-corrected chi connectivity index (χ4v) is 3.83. The van der Waals surface area contributed by atoms with Crippen molar-refractivity contribution in [2.24, 2.45) is 15.8 Å². The molecule has 25 heavy (non-hydrogen) atoms. The van der Waals surface area contributed by atoms with Crippen molar-refractivity contribution in [2.75, 3.05) is 6.54 Å². The summed E-state index contributed by atoms with van der Waals surface area (Å²) >= 11 is 1.51. The van der Waals surface area contributed by atoms with E-state index < -0.39 is 5.91 Å². The zero-order valence-electron chi connectivity index (χ0n) is 14.2. The van der Waals surface area contributed by atoms with Gasteiger partial charge >= 0.3 is 0 Å². The second-order valence-electron chi connectivity index (χ2n) is 6.01. The molecule has 7 heteroatoms. The molecular formula is C18H22N4O2S. The van der Waals surface area contributed by atoms with Crippen LogP contribution in [0.1, 0.15) is 49.4 Å². The van der Waals surface area contributed by atoms with Gasteiger partial charge in [0.2, 0.25) is 4.80 Å². The lowest BCUT2D eigenvalue weighted by Crippen LogP contribution is -2.16. The summed E-state index contributed by atoms with van der Waals surface area (Å²) < 4.78 is 1.85. The molecular weight excluding hydrogens is 336 g/mol. The van der Waals surface area contributed by atoms with Crippen LogP contribution in [-0.2, 0) is 0 Å². The normalized spacial score (nSPS) is 15.4. The monoisotopic (exact) mass is 358 g/mol. The smallest absolute Gasteiger partial charge is 0.252 e. The Balaban J connectivity index is 2.12. The largest absolute Gasteiger partial charge is 0.507 e. The summed E-state index contributed by atoms with van der Waals surface area (Å²) in [6.07, 6.45) is 5.62. The van der Waals surface area contributed by atoms with Crippen molar-refractivity contribution in [3.05, 3.63) is 33.9 Å². The first-order chi connectivity index (χ1) is 12.1. The number of rotatable bonds is 4. The van der Waals surface area contributed by atoms with Crippen molar-refractivity contribution < 1.29 is 9.90 Å². The summed E-state index contributed by atoms with van der Waals surface area (Å²) in [7, 11) is 0. The Bertz CT molecular complexity index is 871. The number of hydrogen-bond donors (Lipinski definition) is 2. The van der Waals surface area contributed by atoms with Gasteiger partial charge in [0.15, 0.2) is 0 Å². The van der Waals surface area contributed by atoms with E-state index in [0.29, 0.717) is 6.54 Å². The minimum Gasteiger partial charge on any atom is -0.507 e. The third-order valence-electron chi connectivity index (χ3n) is 4.21. The van der Waals surface area contributed by atoms with Crippen molar-refractivity contribution in [2.45, 2.75) is 39.0 Å². The summed E-state index contributed by atoms with van der Waals surface area (Å²) in [5.41, 5.74) is 8.26. The molecule has 132 valence electrons. The summed E-state index contributed by atoms with van der Waals surface area (Å²) in [6, 6.07) is 4.85. The van der Waals surface area contributed by atoms with Gasteiger partial charge in [0.05, 0.1) is 11.3 Å². The Morgan fingerprint density at radius 3 is 2.76 bits per heavy atom. The molecule has 0 unspecified atom stereocenters. The Morgan fingerprint density at radius 2 is 2.08 bits per heavy atom. The molecule has 0 spiro atoms. The van der Waals surface area contributed by atoms with Crippen molar-refractivity contribution in [3.63, 3.8) is 0 Å². The fourth-order valence-electron chi connectivity index (χ4n) is 2.93. The minimum absolute atomic E-state index is 0.106. The summed E-state index contributed by atoms with van der Waals surface area (Å²) in [5, 5.41) is 16.6. The SMILES string of the molecule is CCN=c1scc(-c2ccc(O)c(C(N)=O)c2)n1N=C1CCCCC1. The van der Waals surface area contributed by atoms with E-state index in [1.54, 1.807) is 12.1 Å². The van der Waals surface area contributed by atoms with Gasteiger partial charge in [-0.25, -0.2) is 4.68 Å². The number of benzene rings is 1. The maximum absolute atomic E-state index is 11.5. The van der Waals surface area contributed by atoms with E-state index in [-0.39, 0.29) is 11.3 Å². The fraction of sp³-hybridized carbons (Fsp3) is 0.389. The highest BCUT2D eigenvalue weighted by Crippen LogP contribution is 2.27. The van der Waals surface area contributed by atoms with Crippen LogP contribution < -0.4 is 10.5 Å². The second kappa shape index (κ2) is 7.65. The molecule has 1 aromatic heterocycles. The number of nitrogens with zero attached hydrogens (tertiary/aromatic N) is 3. The van der Waals surface area contributed by atoms with Crippen molar-refractivity contribution >= 4 is 23.0 Å². The highest BCUT2D eigenvalue weighted by molar-refractivity contribution is 7.07. The van der Waals surface area contributed by atoms with E-state index in [1.807, 2.05) is 17.0 Å². The molecule has 0 radical (unpaired) electrons. The van der Waals surface area contributed by atoms with E-state index in [4.69, 9.17) is 10.8 Å². The molecule has 2 aromatic rings. The zero-order valence-corrected chi connectivity index (χ0v) is 15.1. The van der Waals surface area contributed by atoms with Crippen LogP contribution in [0.2, 0.25) is 0 Å². The van der Waals surface area contributed by atoms with E-state index in [1.165, 1.54) is 42.4 Å². The standard InChI is InChI=1S/C18H22N4O2S/c1-2-20-18-22(21-13-6-4-3-5-7-13)15(11-25-18)12-8-9-16(23)14(10-12)17(19)24/h8-11,23H,2-7H2,1H3,(H2,19,24). The molecule has 1 aliphatic carbocycles. The van der Waals surface area contributed by atoms with Crippen LogP contribution in [0.25, 0.3) is 11.3 Å². The van der Waals surface area contributed by atoms with Gasteiger partial charge in [-0.1, -0.05) is 6.42 Å². The molecule has 1 aliphatic rings. The Hall–Kier alpha value is -2.41. The number of amides is 1. The van der Waals surface area contributed by atoms with Crippen molar-refractivity contribution in [1.82, 2.24) is 4.68 Å². The average molecular weight is 358 g/mol. The molecule has 1 saturated carbocycles. The third-order valence-corrected chi connectivity index (χ3v) is 5.06. The first-order valence-electron chi connectivity index (χ1n) is 8.51. The molecule has 3 rings (SSSR count). The van der Waals surface area contributed by atoms with E-state index in [9.17, 15) is 9.90 Å². The number of thiazole rings is 1. The number of hydrogen-bond acceptors (Lipinski definition) is 5. The van der Waals surface area contributed by atoms with Gasteiger partial charge in [-0.3, -0.25) is 9.79 Å². The van der Waals surface area contributed by atoms with Crippen LogP contribution in [0.3, 0.4) is 0 Å². The number of aromatic hydroxyl groups is 1. The zero-order chi connectivity index (χ0) is 17.8.